The molecule has 0 saturated heterocycles. The van der Waals surface area contributed by atoms with E-state index in [1.54, 1.807) is 0 Å². The maximum Gasteiger partial charge on any atom is 0.223 e. The lowest BCUT2D eigenvalue weighted by molar-refractivity contribution is -0.122. The number of carbonyl (C=O) groups is 2. The minimum Gasteiger partial charge on any atom is -0.493 e. The van der Waals surface area contributed by atoms with Gasteiger partial charge in [-0.05, 0) is 43.4 Å². The monoisotopic (exact) mass is 433 g/mol. The molecule has 0 heterocycles. The van der Waals surface area contributed by atoms with Crippen molar-refractivity contribution in [3.63, 3.8) is 0 Å². The van der Waals surface area contributed by atoms with Crippen molar-refractivity contribution in [3.05, 3.63) is 30.7 Å². The molecule has 0 bridgehead atoms. The second-order valence-electron chi connectivity index (χ2n) is 7.73. The minimum absolute atomic E-state index is 0.00596. The van der Waals surface area contributed by atoms with Gasteiger partial charge in [-0.3, -0.25) is 9.59 Å². The Labute approximate surface area is 188 Å². The molecule has 0 atom stereocenters. The molecule has 1 aromatic carbocycles. The van der Waals surface area contributed by atoms with Crippen molar-refractivity contribution < 1.29 is 19.1 Å². The van der Waals surface area contributed by atoms with Crippen LogP contribution in [0.1, 0.15) is 77.2 Å². The summed E-state index contributed by atoms with van der Waals surface area (Å²) in [5, 5.41) is 5.83. The average molecular weight is 434 g/mol. The Balaban J connectivity index is 2.44. The number of rotatable bonds is 18. The Morgan fingerprint density at radius 3 is 1.71 bits per heavy atom. The van der Waals surface area contributed by atoms with E-state index in [0.717, 1.165) is 70.0 Å². The standard InChI is InChI=1S/C25H41N2O4/c1-4-7-9-14-26-24(28)12-16-30-22-18-21(11-6-3)19-23(20-22)31-17-13-25(29)27-15-10-8-5-2/h18-20H,3-17H2,1-2H3,(H,26,28)(H,27,29). The van der Waals surface area contributed by atoms with Crippen molar-refractivity contribution in [2.75, 3.05) is 26.3 Å². The third kappa shape index (κ3) is 13.6. The van der Waals surface area contributed by atoms with Crippen LogP contribution in [-0.2, 0) is 16.0 Å². The molecule has 0 saturated carbocycles. The van der Waals surface area contributed by atoms with E-state index in [2.05, 4.69) is 31.4 Å². The predicted molar refractivity (Wildman–Crippen MR) is 125 cm³/mol. The minimum atomic E-state index is 0.00596. The smallest absolute Gasteiger partial charge is 0.223 e. The van der Waals surface area contributed by atoms with Crippen LogP contribution in [0.3, 0.4) is 0 Å². The number of carbonyl (C=O) groups excluding carboxylic acids is 2. The lowest BCUT2D eigenvalue weighted by Gasteiger charge is -2.12. The molecule has 31 heavy (non-hydrogen) atoms. The van der Waals surface area contributed by atoms with Gasteiger partial charge in [-0.25, -0.2) is 0 Å². The summed E-state index contributed by atoms with van der Waals surface area (Å²) in [5.74, 6) is 1.35. The van der Waals surface area contributed by atoms with Gasteiger partial charge < -0.3 is 20.1 Å². The molecule has 0 unspecified atom stereocenters. The second-order valence-corrected chi connectivity index (χ2v) is 7.73. The molecule has 0 fully saturated rings. The Hall–Kier alpha value is -2.24. The van der Waals surface area contributed by atoms with E-state index < -0.39 is 0 Å². The summed E-state index contributed by atoms with van der Waals surface area (Å²) in [5.41, 5.74) is 1.07. The predicted octanol–water partition coefficient (Wildman–Crippen LogP) is 4.60. The van der Waals surface area contributed by atoms with Crippen LogP contribution in [0.15, 0.2) is 18.2 Å². The maximum absolute atomic E-state index is 11.9. The quantitative estimate of drug-likeness (QED) is 0.332. The maximum atomic E-state index is 11.9. The molecular weight excluding hydrogens is 392 g/mol. The normalized spacial score (nSPS) is 10.5. The lowest BCUT2D eigenvalue weighted by Crippen LogP contribution is -2.26. The molecule has 1 aromatic rings. The summed E-state index contributed by atoms with van der Waals surface area (Å²) >= 11 is 0. The largest absolute Gasteiger partial charge is 0.493 e. The van der Waals surface area contributed by atoms with Gasteiger partial charge in [-0.1, -0.05) is 46.5 Å². The zero-order chi connectivity index (χ0) is 22.7. The van der Waals surface area contributed by atoms with E-state index in [-0.39, 0.29) is 11.8 Å². The van der Waals surface area contributed by atoms with Gasteiger partial charge in [-0.15, -0.1) is 0 Å². The van der Waals surface area contributed by atoms with Gasteiger partial charge in [0.25, 0.3) is 0 Å². The number of amides is 2. The summed E-state index contributed by atoms with van der Waals surface area (Å²) in [6.45, 7) is 10.2. The zero-order valence-corrected chi connectivity index (χ0v) is 19.5. The van der Waals surface area contributed by atoms with Crippen LogP contribution in [0.5, 0.6) is 11.5 Å². The highest BCUT2D eigenvalue weighted by Crippen LogP contribution is 2.24. The van der Waals surface area contributed by atoms with Crippen molar-refractivity contribution >= 4 is 11.8 Å². The van der Waals surface area contributed by atoms with Crippen molar-refractivity contribution in [1.29, 1.82) is 0 Å². The highest BCUT2D eigenvalue weighted by molar-refractivity contribution is 5.76. The number of nitrogens with one attached hydrogen (secondary N) is 2. The molecule has 0 aliphatic rings. The van der Waals surface area contributed by atoms with E-state index in [9.17, 15) is 9.59 Å². The first-order valence-electron chi connectivity index (χ1n) is 11.8. The molecule has 1 radical (unpaired) electrons. The molecule has 2 N–H and O–H groups in total. The number of hydrogen-bond donors (Lipinski definition) is 2. The molecule has 6 nitrogen and oxygen atoms in total. The van der Waals surface area contributed by atoms with Gasteiger partial charge >= 0.3 is 0 Å². The van der Waals surface area contributed by atoms with Crippen LogP contribution in [0.4, 0.5) is 0 Å². The molecule has 6 heteroatoms. The van der Waals surface area contributed by atoms with Gasteiger partial charge in [0.15, 0.2) is 0 Å². The third-order valence-electron chi connectivity index (χ3n) is 4.81. The summed E-state index contributed by atoms with van der Waals surface area (Å²) in [6, 6.07) is 5.72. The average Bonchev–Trinajstić information content (AvgIpc) is 2.74. The number of benzene rings is 1. The number of ether oxygens (including phenoxy) is 2. The topological polar surface area (TPSA) is 76.7 Å². The third-order valence-corrected chi connectivity index (χ3v) is 4.81. The number of unbranched alkanes of at least 4 members (excludes halogenated alkanes) is 4. The fourth-order valence-electron chi connectivity index (χ4n) is 3.05. The highest BCUT2D eigenvalue weighted by atomic mass is 16.5. The first kappa shape index (κ1) is 26.8. The first-order chi connectivity index (χ1) is 15.1. The molecule has 1 rings (SSSR count). The Morgan fingerprint density at radius 1 is 0.806 bits per heavy atom. The van der Waals surface area contributed by atoms with Crippen molar-refractivity contribution in [3.8, 4) is 11.5 Å². The molecule has 0 aromatic heterocycles. The van der Waals surface area contributed by atoms with Gasteiger partial charge in [0.2, 0.25) is 11.8 Å². The van der Waals surface area contributed by atoms with Gasteiger partial charge in [0.05, 0.1) is 26.1 Å². The number of aryl methyl sites for hydroxylation is 1. The van der Waals surface area contributed by atoms with Crippen LogP contribution in [-0.4, -0.2) is 38.1 Å². The van der Waals surface area contributed by atoms with Gasteiger partial charge in [0.1, 0.15) is 11.5 Å². The molecule has 0 spiro atoms. The van der Waals surface area contributed by atoms with E-state index in [1.807, 2.05) is 18.2 Å². The van der Waals surface area contributed by atoms with E-state index in [4.69, 9.17) is 9.47 Å². The first-order valence-corrected chi connectivity index (χ1v) is 11.8. The van der Waals surface area contributed by atoms with Crippen molar-refractivity contribution in [2.45, 2.75) is 78.1 Å². The zero-order valence-electron chi connectivity index (χ0n) is 19.5. The molecular formula is C25H41N2O4. The van der Waals surface area contributed by atoms with Crippen LogP contribution in [0, 0.1) is 6.92 Å². The van der Waals surface area contributed by atoms with Crippen molar-refractivity contribution in [1.82, 2.24) is 10.6 Å². The van der Waals surface area contributed by atoms with Crippen LogP contribution in [0.2, 0.25) is 0 Å². The fraction of sp³-hybridized carbons (Fsp3) is 0.640. The summed E-state index contributed by atoms with van der Waals surface area (Å²) in [4.78, 5) is 23.8. The SMILES string of the molecule is [CH2]CCc1cc(OCCC(=O)NCCCCC)cc(OCCC(=O)NCCCCC)c1. The molecule has 0 aliphatic carbocycles. The van der Waals surface area contributed by atoms with E-state index in [0.29, 0.717) is 37.6 Å². The van der Waals surface area contributed by atoms with E-state index >= 15 is 0 Å². The lowest BCUT2D eigenvalue weighted by atomic mass is 10.1. The summed E-state index contributed by atoms with van der Waals surface area (Å²) < 4.78 is 11.6. The number of hydrogen-bond acceptors (Lipinski definition) is 4. The molecule has 175 valence electrons. The molecule has 2 amide bonds. The van der Waals surface area contributed by atoms with Gasteiger partial charge in [0, 0.05) is 19.2 Å². The van der Waals surface area contributed by atoms with Crippen LogP contribution in [0.25, 0.3) is 0 Å². The second kappa shape index (κ2) is 17.4. The van der Waals surface area contributed by atoms with Crippen LogP contribution >= 0.6 is 0 Å². The van der Waals surface area contributed by atoms with Gasteiger partial charge in [-0.2, -0.15) is 0 Å². The Morgan fingerprint density at radius 2 is 1.29 bits per heavy atom. The molecule has 0 aliphatic heterocycles. The van der Waals surface area contributed by atoms with E-state index in [1.165, 1.54) is 0 Å². The fourth-order valence-corrected chi connectivity index (χ4v) is 3.05. The Bertz CT molecular complexity index is 586. The van der Waals surface area contributed by atoms with Crippen molar-refractivity contribution in [2.24, 2.45) is 0 Å². The highest BCUT2D eigenvalue weighted by Gasteiger charge is 2.07. The Kier molecular flexibility index (Phi) is 15.1. The summed E-state index contributed by atoms with van der Waals surface area (Å²) in [7, 11) is 0. The van der Waals surface area contributed by atoms with Crippen LogP contribution < -0.4 is 20.1 Å². The summed E-state index contributed by atoms with van der Waals surface area (Å²) in [6.07, 6.45) is 8.75.